The van der Waals surface area contributed by atoms with Gasteiger partial charge in [0.25, 0.3) is 0 Å². The summed E-state index contributed by atoms with van der Waals surface area (Å²) in [5, 5.41) is 28.6. The summed E-state index contributed by atoms with van der Waals surface area (Å²) in [5.74, 6) is 2.20. The van der Waals surface area contributed by atoms with Gasteiger partial charge in [0, 0.05) is 50.0 Å². The Kier molecular flexibility index (Phi) is 6.97. The lowest BCUT2D eigenvalue weighted by Crippen LogP contribution is -2.56. The topological polar surface area (TPSA) is 139 Å². The summed E-state index contributed by atoms with van der Waals surface area (Å²) in [4.78, 5) is 18.3. The molecule has 11 heteroatoms. The number of nitrogens with zero attached hydrogens (tertiary/aromatic N) is 7. The highest BCUT2D eigenvalue weighted by Gasteiger charge is 2.40. The molecule has 0 aliphatic carbocycles. The van der Waals surface area contributed by atoms with Gasteiger partial charge in [0.05, 0.1) is 19.4 Å². The molecule has 188 valence electrons. The van der Waals surface area contributed by atoms with Crippen molar-refractivity contribution in [2.75, 3.05) is 24.4 Å². The largest absolute Gasteiger partial charge is 0.481 e. The molecule has 36 heavy (non-hydrogen) atoms. The number of aliphatic hydroxyl groups is 1. The van der Waals surface area contributed by atoms with Gasteiger partial charge < -0.3 is 20.1 Å². The fourth-order valence-corrected chi connectivity index (χ4v) is 5.41. The summed E-state index contributed by atoms with van der Waals surface area (Å²) in [5.41, 5.74) is 2.22. The van der Waals surface area contributed by atoms with Crippen LogP contribution in [0.25, 0.3) is 0 Å². The minimum absolute atomic E-state index is 0.114. The minimum atomic E-state index is -0.114. The molecule has 3 N–H and O–H groups in total. The van der Waals surface area contributed by atoms with E-state index in [1.165, 1.54) is 6.42 Å². The fourth-order valence-electron chi connectivity index (χ4n) is 5.41. The number of nitriles is 1. The summed E-state index contributed by atoms with van der Waals surface area (Å²) in [7, 11) is 3.64. The Hall–Kier alpha value is -3.75. The molecular formula is C25H31N9O2. The van der Waals surface area contributed by atoms with Crippen molar-refractivity contribution in [3.8, 4) is 11.9 Å². The van der Waals surface area contributed by atoms with E-state index in [-0.39, 0.29) is 6.61 Å². The number of aliphatic hydroxyl groups excluding tert-OH is 1. The summed E-state index contributed by atoms with van der Waals surface area (Å²) < 4.78 is 5.45. The number of piperidine rings is 2. The summed E-state index contributed by atoms with van der Waals surface area (Å²) in [6.07, 6.45) is 7.33. The van der Waals surface area contributed by atoms with Crippen LogP contribution in [-0.4, -0.2) is 67.4 Å². The van der Waals surface area contributed by atoms with Crippen LogP contribution in [0, 0.1) is 11.3 Å². The van der Waals surface area contributed by atoms with Crippen molar-refractivity contribution in [3.63, 3.8) is 0 Å². The number of aromatic nitrogens is 5. The number of rotatable bonds is 8. The maximum absolute atomic E-state index is 9.28. The van der Waals surface area contributed by atoms with Gasteiger partial charge in [-0.1, -0.05) is 6.42 Å². The van der Waals surface area contributed by atoms with Crippen molar-refractivity contribution in [1.82, 2.24) is 30.0 Å². The van der Waals surface area contributed by atoms with Crippen molar-refractivity contribution >= 4 is 17.6 Å². The number of hydrogen-bond acceptors (Lipinski definition) is 10. The van der Waals surface area contributed by atoms with Gasteiger partial charge in [-0.25, -0.2) is 4.98 Å². The molecule has 0 amide bonds. The Morgan fingerprint density at radius 3 is 2.72 bits per heavy atom. The molecule has 5 heterocycles. The summed E-state index contributed by atoms with van der Waals surface area (Å²) >= 11 is 0. The van der Waals surface area contributed by atoms with Gasteiger partial charge in [0.15, 0.2) is 5.82 Å². The van der Waals surface area contributed by atoms with E-state index in [1.807, 2.05) is 12.1 Å². The number of anilines is 3. The average molecular weight is 490 g/mol. The third-order valence-corrected chi connectivity index (χ3v) is 7.23. The van der Waals surface area contributed by atoms with E-state index >= 15 is 0 Å². The number of fused-ring (bicyclic) bond motifs is 2. The number of ether oxygens (including phenoxy) is 1. The van der Waals surface area contributed by atoms with E-state index < -0.39 is 0 Å². The molecule has 0 saturated carbocycles. The monoisotopic (exact) mass is 489 g/mol. The molecule has 3 atom stereocenters. The lowest BCUT2D eigenvalue weighted by Gasteiger charge is -2.50. The van der Waals surface area contributed by atoms with Gasteiger partial charge in [-0.15, -0.1) is 0 Å². The number of pyridine rings is 1. The number of aromatic amines is 1. The van der Waals surface area contributed by atoms with Crippen molar-refractivity contribution < 1.29 is 9.84 Å². The van der Waals surface area contributed by atoms with Gasteiger partial charge in [-0.05, 0) is 43.4 Å². The summed E-state index contributed by atoms with van der Waals surface area (Å²) in [6, 6.07) is 10.7. The Morgan fingerprint density at radius 2 is 2.03 bits per heavy atom. The molecule has 3 aromatic heterocycles. The Morgan fingerprint density at radius 1 is 1.22 bits per heavy atom. The molecule has 0 radical (unpaired) electrons. The Labute approximate surface area is 210 Å². The van der Waals surface area contributed by atoms with Crippen LogP contribution in [0.5, 0.6) is 5.88 Å². The lowest BCUT2D eigenvalue weighted by atomic mass is 9.81. The Bertz CT molecular complexity index is 1230. The molecule has 2 bridgehead atoms. The average Bonchev–Trinajstić information content (AvgIpc) is 3.35. The van der Waals surface area contributed by atoms with E-state index in [1.54, 1.807) is 25.4 Å². The van der Waals surface area contributed by atoms with Crippen LogP contribution >= 0.6 is 0 Å². The standard InChI is InChI=1S/C25H31N9O2/c1-33(25-29-22(12-24(30-25)36-2)28-23-9-18(15-35)31-32-23)21-10-19-4-3-5-20(11-21)34(19)14-16-6-7-27-17(8-16)13-26/h6-9,12,19-21,35H,3-5,10-11,14-15H2,1-2H3,(H2,28,29,30,31,32)/t19-,20+,21?. The highest BCUT2D eigenvalue weighted by Crippen LogP contribution is 2.38. The Balaban J connectivity index is 1.32. The van der Waals surface area contributed by atoms with Crippen LogP contribution in [0.15, 0.2) is 30.5 Å². The SMILES string of the molecule is COc1cc(Nc2cc(CO)[nH]n2)nc(N(C)C2C[C@H]3CCC[C@@H](C2)N3Cc2ccnc(C#N)c2)n1. The van der Waals surface area contributed by atoms with Crippen LogP contribution in [0.3, 0.4) is 0 Å². The molecule has 2 aliphatic heterocycles. The highest BCUT2D eigenvalue weighted by molar-refractivity contribution is 5.55. The first-order chi connectivity index (χ1) is 17.6. The van der Waals surface area contributed by atoms with Gasteiger partial charge in [0.1, 0.15) is 17.6 Å². The van der Waals surface area contributed by atoms with E-state index in [0.717, 1.165) is 37.8 Å². The zero-order valence-electron chi connectivity index (χ0n) is 20.6. The fraction of sp³-hybridized carbons (Fsp3) is 0.480. The quantitative estimate of drug-likeness (QED) is 0.433. The van der Waals surface area contributed by atoms with E-state index in [2.05, 4.69) is 48.4 Å². The lowest BCUT2D eigenvalue weighted by molar-refractivity contribution is 0.0234. The molecule has 5 rings (SSSR count). The van der Waals surface area contributed by atoms with Crippen molar-refractivity contribution in [1.29, 1.82) is 5.26 Å². The van der Waals surface area contributed by atoms with Crippen molar-refractivity contribution in [2.45, 2.75) is 63.4 Å². The highest BCUT2D eigenvalue weighted by atomic mass is 16.5. The predicted molar refractivity (Wildman–Crippen MR) is 134 cm³/mol. The van der Waals surface area contributed by atoms with Crippen LogP contribution in [-0.2, 0) is 13.2 Å². The minimum Gasteiger partial charge on any atom is -0.481 e. The second-order valence-electron chi connectivity index (χ2n) is 9.47. The van der Waals surface area contributed by atoms with Crippen LogP contribution < -0.4 is 15.0 Å². The van der Waals surface area contributed by atoms with Gasteiger partial charge in [0.2, 0.25) is 11.8 Å². The molecule has 11 nitrogen and oxygen atoms in total. The zero-order chi connectivity index (χ0) is 25.1. The first-order valence-corrected chi connectivity index (χ1v) is 12.2. The normalized spacial score (nSPS) is 21.6. The van der Waals surface area contributed by atoms with E-state index in [4.69, 9.17) is 9.72 Å². The first kappa shape index (κ1) is 24.0. The second-order valence-corrected chi connectivity index (χ2v) is 9.47. The molecule has 2 aliphatic rings. The maximum atomic E-state index is 9.28. The third kappa shape index (κ3) is 5.10. The van der Waals surface area contributed by atoms with Crippen molar-refractivity contribution in [2.24, 2.45) is 0 Å². The number of nitrogens with one attached hydrogen (secondary N) is 2. The molecule has 0 aromatic carbocycles. The van der Waals surface area contributed by atoms with E-state index in [0.29, 0.717) is 53.0 Å². The summed E-state index contributed by atoms with van der Waals surface area (Å²) in [6.45, 7) is 0.726. The zero-order valence-corrected chi connectivity index (χ0v) is 20.6. The van der Waals surface area contributed by atoms with E-state index in [9.17, 15) is 10.4 Å². The predicted octanol–water partition coefficient (Wildman–Crippen LogP) is 2.73. The molecule has 2 fully saturated rings. The molecule has 2 saturated heterocycles. The molecule has 0 spiro atoms. The van der Waals surface area contributed by atoms with Crippen LogP contribution in [0.1, 0.15) is 49.1 Å². The maximum Gasteiger partial charge on any atom is 0.230 e. The van der Waals surface area contributed by atoms with Crippen LogP contribution in [0.2, 0.25) is 0 Å². The number of methoxy groups -OCH3 is 1. The molecular weight excluding hydrogens is 458 g/mol. The van der Waals surface area contributed by atoms with Gasteiger partial charge in [-0.2, -0.15) is 20.3 Å². The molecule has 1 unspecified atom stereocenters. The molecule has 3 aromatic rings. The van der Waals surface area contributed by atoms with Gasteiger partial charge in [-0.3, -0.25) is 10.00 Å². The second kappa shape index (κ2) is 10.5. The third-order valence-electron chi connectivity index (χ3n) is 7.23. The number of hydrogen-bond donors (Lipinski definition) is 3. The first-order valence-electron chi connectivity index (χ1n) is 12.2. The van der Waals surface area contributed by atoms with Crippen LogP contribution in [0.4, 0.5) is 17.6 Å². The smallest absolute Gasteiger partial charge is 0.230 e. The van der Waals surface area contributed by atoms with Crippen molar-refractivity contribution in [3.05, 3.63) is 47.4 Å². The number of H-pyrrole nitrogens is 1. The van der Waals surface area contributed by atoms with Gasteiger partial charge >= 0.3 is 0 Å².